The van der Waals surface area contributed by atoms with Gasteiger partial charge in [0.15, 0.2) is 0 Å². The number of halogens is 1. The highest BCUT2D eigenvalue weighted by Gasteiger charge is 2.23. The zero-order valence-electron chi connectivity index (χ0n) is 11.4. The third kappa shape index (κ3) is 3.30. The van der Waals surface area contributed by atoms with Crippen LogP contribution in [0.4, 0.5) is 5.69 Å². The Labute approximate surface area is 122 Å². The predicted octanol–water partition coefficient (Wildman–Crippen LogP) is 4.02. The van der Waals surface area contributed by atoms with Crippen molar-refractivity contribution in [2.75, 3.05) is 18.0 Å². The summed E-state index contributed by atoms with van der Waals surface area (Å²) in [6.07, 6.45) is 2.43. The van der Waals surface area contributed by atoms with Crippen molar-refractivity contribution in [3.05, 3.63) is 28.2 Å². The Morgan fingerprint density at radius 3 is 2.47 bits per heavy atom. The normalized spacial score (nSPS) is 16.9. The maximum atomic E-state index is 10.9. The fraction of sp³-hybridized carbons (Fsp3) is 0.533. The average Bonchev–Trinajstić information content (AvgIpc) is 2.38. The zero-order valence-corrected chi connectivity index (χ0v) is 13.0. The number of aromatic carboxylic acids is 1. The highest BCUT2D eigenvalue weighted by atomic mass is 79.9. The van der Waals surface area contributed by atoms with Gasteiger partial charge in [-0.25, -0.2) is 4.79 Å². The van der Waals surface area contributed by atoms with Crippen LogP contribution in [0.5, 0.6) is 0 Å². The minimum atomic E-state index is -0.884. The van der Waals surface area contributed by atoms with Gasteiger partial charge in [-0.1, -0.05) is 13.8 Å². The lowest BCUT2D eigenvalue weighted by molar-refractivity contribution is 0.0697. The topological polar surface area (TPSA) is 40.5 Å². The van der Waals surface area contributed by atoms with Crippen LogP contribution >= 0.6 is 15.9 Å². The summed E-state index contributed by atoms with van der Waals surface area (Å²) in [4.78, 5) is 13.3. The molecule has 0 aliphatic carbocycles. The largest absolute Gasteiger partial charge is 0.478 e. The number of rotatable bonds is 3. The van der Waals surface area contributed by atoms with Crippen LogP contribution in [0.3, 0.4) is 0 Å². The third-order valence-corrected chi connectivity index (χ3v) is 4.65. The van der Waals surface area contributed by atoms with Crippen LogP contribution in [0.1, 0.15) is 37.0 Å². The van der Waals surface area contributed by atoms with E-state index in [1.165, 1.54) is 12.8 Å². The molecule has 0 amide bonds. The first-order chi connectivity index (χ1) is 8.99. The number of piperidine rings is 1. The molecule has 1 aliphatic rings. The summed E-state index contributed by atoms with van der Waals surface area (Å²) in [5.74, 6) is 0.680. The molecule has 4 heteroatoms. The van der Waals surface area contributed by atoms with Crippen LogP contribution in [0.15, 0.2) is 22.7 Å². The van der Waals surface area contributed by atoms with Gasteiger partial charge in [-0.15, -0.1) is 0 Å². The standard InChI is InChI=1S/C15H20BrNO2/c1-10(2)11-5-7-17(8-6-11)14-4-3-12(15(18)19)9-13(14)16/h3-4,9-11H,5-8H2,1-2H3,(H,18,19). The molecule has 1 N–H and O–H groups in total. The first-order valence-corrected chi connectivity index (χ1v) is 7.56. The molecule has 19 heavy (non-hydrogen) atoms. The van der Waals surface area contributed by atoms with Crippen LogP contribution in [0.25, 0.3) is 0 Å². The average molecular weight is 326 g/mol. The molecule has 0 atom stereocenters. The van der Waals surface area contributed by atoms with E-state index in [9.17, 15) is 4.79 Å². The molecule has 0 aromatic heterocycles. The predicted molar refractivity (Wildman–Crippen MR) is 80.9 cm³/mol. The maximum Gasteiger partial charge on any atom is 0.335 e. The number of carboxylic acid groups (broad SMARTS) is 1. The van der Waals surface area contributed by atoms with Crippen molar-refractivity contribution in [2.45, 2.75) is 26.7 Å². The van der Waals surface area contributed by atoms with Gasteiger partial charge >= 0.3 is 5.97 Å². The summed E-state index contributed by atoms with van der Waals surface area (Å²) < 4.78 is 0.871. The maximum absolute atomic E-state index is 10.9. The van der Waals surface area contributed by atoms with Crippen LogP contribution in [0, 0.1) is 11.8 Å². The molecule has 1 aliphatic heterocycles. The summed E-state index contributed by atoms with van der Waals surface area (Å²) in [7, 11) is 0. The van der Waals surface area contributed by atoms with Crippen molar-refractivity contribution >= 4 is 27.6 Å². The second-order valence-electron chi connectivity index (χ2n) is 5.54. The lowest BCUT2D eigenvalue weighted by atomic mass is 9.86. The van der Waals surface area contributed by atoms with Crippen molar-refractivity contribution < 1.29 is 9.90 Å². The molecule has 1 heterocycles. The van der Waals surface area contributed by atoms with Crippen LogP contribution in [0.2, 0.25) is 0 Å². The van der Waals surface area contributed by atoms with Crippen molar-refractivity contribution in [1.82, 2.24) is 0 Å². The first-order valence-electron chi connectivity index (χ1n) is 6.77. The number of benzene rings is 1. The number of carbonyl (C=O) groups is 1. The first kappa shape index (κ1) is 14.4. The molecule has 1 aromatic rings. The van der Waals surface area contributed by atoms with Crippen LogP contribution < -0.4 is 4.90 Å². The fourth-order valence-electron chi connectivity index (χ4n) is 2.70. The Hall–Kier alpha value is -1.03. The molecule has 0 radical (unpaired) electrons. The summed E-state index contributed by atoms with van der Waals surface area (Å²) >= 11 is 3.49. The number of hydrogen-bond donors (Lipinski definition) is 1. The fourth-order valence-corrected chi connectivity index (χ4v) is 3.33. The smallest absolute Gasteiger partial charge is 0.335 e. The number of hydrogen-bond acceptors (Lipinski definition) is 2. The third-order valence-electron chi connectivity index (χ3n) is 4.02. The van der Waals surface area contributed by atoms with Crippen LogP contribution in [-0.2, 0) is 0 Å². The lowest BCUT2D eigenvalue weighted by Gasteiger charge is -2.35. The van der Waals surface area contributed by atoms with Crippen LogP contribution in [-0.4, -0.2) is 24.2 Å². The van der Waals surface area contributed by atoms with E-state index in [4.69, 9.17) is 5.11 Å². The number of carboxylic acids is 1. The van der Waals surface area contributed by atoms with Crippen molar-refractivity contribution in [2.24, 2.45) is 11.8 Å². The lowest BCUT2D eigenvalue weighted by Crippen LogP contribution is -2.35. The van der Waals surface area contributed by atoms with E-state index in [2.05, 4.69) is 34.7 Å². The van der Waals surface area contributed by atoms with Gasteiger partial charge in [0.1, 0.15) is 0 Å². The van der Waals surface area contributed by atoms with E-state index in [1.807, 2.05) is 6.07 Å². The van der Waals surface area contributed by atoms with Crippen molar-refractivity contribution in [1.29, 1.82) is 0 Å². The van der Waals surface area contributed by atoms with E-state index in [1.54, 1.807) is 12.1 Å². The molecule has 0 saturated carbocycles. The summed E-state index contributed by atoms with van der Waals surface area (Å²) in [6, 6.07) is 5.27. The Kier molecular flexibility index (Phi) is 4.50. The highest BCUT2D eigenvalue weighted by molar-refractivity contribution is 9.10. The summed E-state index contributed by atoms with van der Waals surface area (Å²) in [6.45, 7) is 6.68. The molecule has 0 spiro atoms. The van der Waals surface area contributed by atoms with Crippen molar-refractivity contribution in [3.63, 3.8) is 0 Å². The Balaban J connectivity index is 2.09. The van der Waals surface area contributed by atoms with E-state index in [-0.39, 0.29) is 0 Å². The molecule has 1 aromatic carbocycles. The van der Waals surface area contributed by atoms with Gasteiger partial charge < -0.3 is 10.0 Å². The molecule has 0 unspecified atom stereocenters. The second-order valence-corrected chi connectivity index (χ2v) is 6.39. The second kappa shape index (κ2) is 5.95. The zero-order chi connectivity index (χ0) is 14.0. The number of nitrogens with zero attached hydrogens (tertiary/aromatic N) is 1. The molecule has 1 fully saturated rings. The van der Waals surface area contributed by atoms with Gasteiger partial charge in [-0.2, -0.15) is 0 Å². The monoisotopic (exact) mass is 325 g/mol. The van der Waals surface area contributed by atoms with Gasteiger partial charge in [0, 0.05) is 17.6 Å². The molecule has 0 bridgehead atoms. The molecular weight excluding hydrogens is 306 g/mol. The van der Waals surface area contributed by atoms with Gasteiger partial charge in [0.05, 0.1) is 11.3 Å². The summed E-state index contributed by atoms with van der Waals surface area (Å²) in [5, 5.41) is 8.97. The SMILES string of the molecule is CC(C)C1CCN(c2ccc(C(=O)O)cc2Br)CC1. The quantitative estimate of drug-likeness (QED) is 0.912. The molecule has 1 saturated heterocycles. The molecule has 3 nitrogen and oxygen atoms in total. The van der Waals surface area contributed by atoms with Gasteiger partial charge in [0.2, 0.25) is 0 Å². The Bertz CT molecular complexity index is 465. The summed E-state index contributed by atoms with van der Waals surface area (Å²) in [5.41, 5.74) is 1.43. The van der Waals surface area contributed by atoms with E-state index < -0.39 is 5.97 Å². The van der Waals surface area contributed by atoms with Gasteiger partial charge in [0.25, 0.3) is 0 Å². The van der Waals surface area contributed by atoms with Crippen molar-refractivity contribution in [3.8, 4) is 0 Å². The van der Waals surface area contributed by atoms with E-state index in [0.29, 0.717) is 5.56 Å². The highest BCUT2D eigenvalue weighted by Crippen LogP contribution is 2.32. The van der Waals surface area contributed by atoms with Gasteiger partial charge in [-0.05, 0) is 58.8 Å². The minimum absolute atomic E-state index is 0.327. The Morgan fingerprint density at radius 2 is 2.00 bits per heavy atom. The van der Waals surface area contributed by atoms with Gasteiger partial charge in [-0.3, -0.25) is 0 Å². The molecular formula is C15H20BrNO2. The molecule has 2 rings (SSSR count). The minimum Gasteiger partial charge on any atom is -0.478 e. The Morgan fingerprint density at radius 1 is 1.37 bits per heavy atom. The van der Waals surface area contributed by atoms with E-state index >= 15 is 0 Å². The van der Waals surface area contributed by atoms with E-state index in [0.717, 1.165) is 35.1 Å². The molecule has 104 valence electrons. The number of anilines is 1.